The molecule has 0 aromatic carbocycles. The first-order chi connectivity index (χ1) is 12.6. The van der Waals surface area contributed by atoms with Crippen LogP contribution in [0.15, 0.2) is 24.7 Å². The number of aryl methyl sites for hydroxylation is 1. The number of methoxy groups -OCH3 is 1. The molecule has 0 aliphatic carbocycles. The number of fused-ring (bicyclic) bond motifs is 1. The number of rotatable bonds is 8. The SMILES string of the molecule is CCCn1cnc2c(OCC(C)C)nc(Nc3ccc(OC)nc3)nc21. The van der Waals surface area contributed by atoms with E-state index in [1.54, 1.807) is 25.7 Å². The molecule has 0 amide bonds. The van der Waals surface area contributed by atoms with Gasteiger partial charge in [0.15, 0.2) is 11.2 Å². The first kappa shape index (κ1) is 17.9. The third-order valence-electron chi connectivity index (χ3n) is 3.65. The van der Waals surface area contributed by atoms with Crippen LogP contribution in [0.3, 0.4) is 0 Å². The van der Waals surface area contributed by atoms with Gasteiger partial charge in [-0.3, -0.25) is 0 Å². The zero-order chi connectivity index (χ0) is 18.5. The number of nitrogens with one attached hydrogen (secondary N) is 1. The third kappa shape index (κ3) is 4.01. The minimum atomic E-state index is 0.389. The first-order valence-electron chi connectivity index (χ1n) is 8.73. The van der Waals surface area contributed by atoms with Crippen molar-refractivity contribution in [1.29, 1.82) is 0 Å². The van der Waals surface area contributed by atoms with Crippen LogP contribution in [0, 0.1) is 5.92 Å². The van der Waals surface area contributed by atoms with Gasteiger partial charge >= 0.3 is 0 Å². The highest BCUT2D eigenvalue weighted by atomic mass is 16.5. The zero-order valence-corrected chi connectivity index (χ0v) is 15.6. The molecule has 26 heavy (non-hydrogen) atoms. The number of aromatic nitrogens is 5. The van der Waals surface area contributed by atoms with Crippen LogP contribution in [0.5, 0.6) is 11.8 Å². The molecule has 0 saturated carbocycles. The van der Waals surface area contributed by atoms with Gasteiger partial charge in [0.25, 0.3) is 0 Å². The van der Waals surface area contributed by atoms with Gasteiger partial charge in [-0.1, -0.05) is 20.8 Å². The summed E-state index contributed by atoms with van der Waals surface area (Å²) in [7, 11) is 1.58. The van der Waals surface area contributed by atoms with Gasteiger partial charge in [0, 0.05) is 12.6 Å². The summed E-state index contributed by atoms with van der Waals surface area (Å²) in [6.45, 7) is 7.70. The van der Waals surface area contributed by atoms with E-state index < -0.39 is 0 Å². The van der Waals surface area contributed by atoms with Crippen molar-refractivity contribution in [2.45, 2.75) is 33.7 Å². The lowest BCUT2D eigenvalue weighted by molar-refractivity contribution is 0.264. The molecule has 8 nitrogen and oxygen atoms in total. The molecule has 0 bridgehead atoms. The number of ether oxygens (including phenoxy) is 2. The Kier molecular flexibility index (Phi) is 5.50. The molecule has 0 unspecified atom stereocenters. The summed E-state index contributed by atoms with van der Waals surface area (Å²) in [6, 6.07) is 3.63. The molecule has 138 valence electrons. The molecule has 0 fully saturated rings. The second-order valence-electron chi connectivity index (χ2n) is 6.38. The maximum Gasteiger partial charge on any atom is 0.247 e. The predicted octanol–water partition coefficient (Wildman–Crippen LogP) is 3.42. The van der Waals surface area contributed by atoms with E-state index in [1.165, 1.54) is 0 Å². The fourth-order valence-corrected chi connectivity index (χ4v) is 2.43. The molecule has 0 radical (unpaired) electrons. The maximum absolute atomic E-state index is 5.88. The summed E-state index contributed by atoms with van der Waals surface area (Å²) in [5.41, 5.74) is 2.20. The molecule has 3 heterocycles. The van der Waals surface area contributed by atoms with Crippen molar-refractivity contribution in [3.05, 3.63) is 24.7 Å². The molecular weight excluding hydrogens is 332 g/mol. The Morgan fingerprint density at radius 2 is 2.04 bits per heavy atom. The van der Waals surface area contributed by atoms with Crippen molar-refractivity contribution in [1.82, 2.24) is 24.5 Å². The molecular formula is C18H24N6O2. The lowest BCUT2D eigenvalue weighted by atomic mass is 10.2. The van der Waals surface area contributed by atoms with Crippen LogP contribution in [0.2, 0.25) is 0 Å². The lowest BCUT2D eigenvalue weighted by Crippen LogP contribution is -2.08. The van der Waals surface area contributed by atoms with E-state index in [2.05, 4.69) is 46.0 Å². The third-order valence-corrected chi connectivity index (χ3v) is 3.65. The summed E-state index contributed by atoms with van der Waals surface area (Å²) in [6.07, 6.45) is 4.44. The van der Waals surface area contributed by atoms with E-state index in [1.807, 2.05) is 10.6 Å². The number of pyridine rings is 1. The maximum atomic E-state index is 5.88. The van der Waals surface area contributed by atoms with Crippen LogP contribution in [-0.2, 0) is 6.54 Å². The molecule has 0 saturated heterocycles. The van der Waals surface area contributed by atoms with E-state index in [9.17, 15) is 0 Å². The van der Waals surface area contributed by atoms with Crippen molar-refractivity contribution in [3.63, 3.8) is 0 Å². The normalized spacial score (nSPS) is 11.1. The summed E-state index contributed by atoms with van der Waals surface area (Å²) >= 11 is 0. The number of nitrogens with zero attached hydrogens (tertiary/aromatic N) is 5. The second-order valence-corrected chi connectivity index (χ2v) is 6.38. The molecule has 0 aliphatic rings. The highest BCUT2D eigenvalue weighted by molar-refractivity contribution is 5.78. The Morgan fingerprint density at radius 1 is 1.19 bits per heavy atom. The van der Waals surface area contributed by atoms with E-state index in [0.717, 1.165) is 24.3 Å². The predicted molar refractivity (Wildman–Crippen MR) is 100 cm³/mol. The molecule has 3 rings (SSSR count). The largest absolute Gasteiger partial charge is 0.481 e. The van der Waals surface area contributed by atoms with Gasteiger partial charge < -0.3 is 19.4 Å². The minimum Gasteiger partial charge on any atom is -0.481 e. The Morgan fingerprint density at radius 3 is 2.69 bits per heavy atom. The quantitative estimate of drug-likeness (QED) is 0.661. The van der Waals surface area contributed by atoms with Gasteiger partial charge in [0.2, 0.25) is 17.7 Å². The van der Waals surface area contributed by atoms with Gasteiger partial charge in [-0.25, -0.2) is 9.97 Å². The summed E-state index contributed by atoms with van der Waals surface area (Å²) in [5.74, 6) is 1.87. The number of imidazole rings is 1. The van der Waals surface area contributed by atoms with Crippen LogP contribution in [0.1, 0.15) is 27.2 Å². The number of hydrogen-bond acceptors (Lipinski definition) is 7. The van der Waals surface area contributed by atoms with E-state index in [4.69, 9.17) is 9.47 Å². The van der Waals surface area contributed by atoms with Crippen LogP contribution in [0.25, 0.3) is 11.2 Å². The monoisotopic (exact) mass is 356 g/mol. The lowest BCUT2D eigenvalue weighted by Gasteiger charge is -2.11. The van der Waals surface area contributed by atoms with Crippen LogP contribution < -0.4 is 14.8 Å². The summed E-state index contributed by atoms with van der Waals surface area (Å²) in [5, 5.41) is 3.17. The average Bonchev–Trinajstić information content (AvgIpc) is 3.04. The van der Waals surface area contributed by atoms with Gasteiger partial charge in [-0.05, 0) is 18.4 Å². The molecule has 8 heteroatoms. The Bertz CT molecular complexity index is 860. The molecule has 0 atom stereocenters. The van der Waals surface area contributed by atoms with Gasteiger partial charge in [0.05, 0.1) is 31.9 Å². The summed E-state index contributed by atoms with van der Waals surface area (Å²) < 4.78 is 13.0. The molecule has 3 aromatic heterocycles. The average molecular weight is 356 g/mol. The standard InChI is InChI=1S/C18H24N6O2/c1-5-8-24-11-20-15-16(24)22-18(23-17(15)26-10-12(2)3)21-13-6-7-14(25-4)19-9-13/h6-7,9,11-12H,5,8,10H2,1-4H3,(H,21,22,23). The Hall–Kier alpha value is -2.90. The van der Waals surface area contributed by atoms with Gasteiger partial charge in [-0.2, -0.15) is 9.97 Å². The topological polar surface area (TPSA) is 87.0 Å². The Labute approximate surface area is 152 Å². The fourth-order valence-electron chi connectivity index (χ4n) is 2.43. The molecule has 3 aromatic rings. The minimum absolute atomic E-state index is 0.389. The van der Waals surface area contributed by atoms with Gasteiger partial charge in [0.1, 0.15) is 0 Å². The number of anilines is 2. The first-order valence-corrected chi connectivity index (χ1v) is 8.73. The van der Waals surface area contributed by atoms with Crippen molar-refractivity contribution >= 4 is 22.8 Å². The zero-order valence-electron chi connectivity index (χ0n) is 15.6. The van der Waals surface area contributed by atoms with Gasteiger partial charge in [-0.15, -0.1) is 0 Å². The second kappa shape index (κ2) is 7.99. The van der Waals surface area contributed by atoms with Crippen LogP contribution in [0.4, 0.5) is 11.6 Å². The highest BCUT2D eigenvalue weighted by Gasteiger charge is 2.15. The van der Waals surface area contributed by atoms with Crippen molar-refractivity contribution in [3.8, 4) is 11.8 Å². The van der Waals surface area contributed by atoms with Crippen molar-refractivity contribution in [2.75, 3.05) is 19.0 Å². The van der Waals surface area contributed by atoms with E-state index in [-0.39, 0.29) is 0 Å². The molecule has 0 aliphatic heterocycles. The van der Waals surface area contributed by atoms with Crippen molar-refractivity contribution < 1.29 is 9.47 Å². The molecule has 1 N–H and O–H groups in total. The van der Waals surface area contributed by atoms with Crippen LogP contribution in [-0.4, -0.2) is 38.2 Å². The summed E-state index contributed by atoms with van der Waals surface area (Å²) in [4.78, 5) is 17.8. The number of hydrogen-bond donors (Lipinski definition) is 1. The fraction of sp³-hybridized carbons (Fsp3) is 0.444. The Balaban J connectivity index is 1.95. The van der Waals surface area contributed by atoms with Crippen LogP contribution >= 0.6 is 0 Å². The van der Waals surface area contributed by atoms with Crippen molar-refractivity contribution in [2.24, 2.45) is 5.92 Å². The van der Waals surface area contributed by atoms with E-state index >= 15 is 0 Å². The smallest absolute Gasteiger partial charge is 0.247 e. The molecule has 0 spiro atoms. The van der Waals surface area contributed by atoms with E-state index in [0.29, 0.717) is 35.7 Å². The highest BCUT2D eigenvalue weighted by Crippen LogP contribution is 2.25.